The molecule has 2 aromatic rings. The predicted molar refractivity (Wildman–Crippen MR) is 66.6 cm³/mol. The van der Waals surface area contributed by atoms with Crippen molar-refractivity contribution in [1.29, 1.82) is 0 Å². The van der Waals surface area contributed by atoms with Gasteiger partial charge in [0, 0.05) is 6.20 Å². The summed E-state index contributed by atoms with van der Waals surface area (Å²) < 4.78 is 9.80. The van der Waals surface area contributed by atoms with Crippen molar-refractivity contribution in [3.8, 4) is 0 Å². The Kier molecular flexibility index (Phi) is 3.84. The normalized spacial score (nSPS) is 10.1. The maximum Gasteiger partial charge on any atom is 0.341 e. The molecule has 0 spiro atoms. The third kappa shape index (κ3) is 2.81. The van der Waals surface area contributed by atoms with E-state index in [0.717, 1.165) is 0 Å². The fourth-order valence-corrected chi connectivity index (χ4v) is 1.58. The highest BCUT2D eigenvalue weighted by atomic mass is 35.5. The molecular weight excluding hydrogens is 256 g/mol. The van der Waals surface area contributed by atoms with Gasteiger partial charge in [-0.2, -0.15) is 0 Å². The molecule has 0 saturated carbocycles. The lowest BCUT2D eigenvalue weighted by Crippen LogP contribution is -2.00. The van der Waals surface area contributed by atoms with E-state index in [0.29, 0.717) is 28.7 Å². The maximum absolute atomic E-state index is 11.2. The molecule has 2 heterocycles. The van der Waals surface area contributed by atoms with Crippen molar-refractivity contribution < 1.29 is 13.9 Å². The number of esters is 1. The van der Waals surface area contributed by atoms with Gasteiger partial charge in [-0.05, 0) is 18.2 Å². The van der Waals surface area contributed by atoms with Crippen LogP contribution >= 0.6 is 11.6 Å². The number of rotatable bonds is 4. The quantitative estimate of drug-likeness (QED) is 0.681. The molecule has 18 heavy (non-hydrogen) atoms. The summed E-state index contributed by atoms with van der Waals surface area (Å²) in [5, 5.41) is 3.45. The SMILES string of the molecule is COC(=O)c1coc(CNc2cccnc2Cl)c1. The number of nitrogens with zero attached hydrogens (tertiary/aromatic N) is 1. The van der Waals surface area contributed by atoms with Crippen LogP contribution in [0.3, 0.4) is 0 Å². The van der Waals surface area contributed by atoms with Gasteiger partial charge in [-0.25, -0.2) is 9.78 Å². The summed E-state index contributed by atoms with van der Waals surface area (Å²) in [6.45, 7) is 0.405. The fraction of sp³-hybridized carbons (Fsp3) is 0.167. The van der Waals surface area contributed by atoms with Crippen LogP contribution in [0, 0.1) is 0 Å². The van der Waals surface area contributed by atoms with Gasteiger partial charge in [0.2, 0.25) is 0 Å². The number of nitrogens with one attached hydrogen (secondary N) is 1. The number of pyridine rings is 1. The van der Waals surface area contributed by atoms with Crippen LogP contribution in [0.25, 0.3) is 0 Å². The van der Waals surface area contributed by atoms with Gasteiger partial charge in [0.25, 0.3) is 0 Å². The van der Waals surface area contributed by atoms with E-state index >= 15 is 0 Å². The van der Waals surface area contributed by atoms with Gasteiger partial charge in [-0.1, -0.05) is 11.6 Å². The molecule has 5 nitrogen and oxygen atoms in total. The molecule has 0 unspecified atom stereocenters. The zero-order valence-electron chi connectivity index (χ0n) is 9.64. The van der Waals surface area contributed by atoms with Crippen molar-refractivity contribution in [1.82, 2.24) is 4.98 Å². The Morgan fingerprint density at radius 1 is 1.61 bits per heavy atom. The van der Waals surface area contributed by atoms with Gasteiger partial charge in [0.1, 0.15) is 12.0 Å². The predicted octanol–water partition coefficient (Wildman–Crippen LogP) is 2.73. The molecular formula is C12H11ClN2O3. The second-order valence-electron chi connectivity index (χ2n) is 3.49. The van der Waals surface area contributed by atoms with E-state index in [-0.39, 0.29) is 0 Å². The Labute approximate surface area is 109 Å². The Morgan fingerprint density at radius 3 is 3.17 bits per heavy atom. The molecule has 0 aliphatic heterocycles. The second-order valence-corrected chi connectivity index (χ2v) is 3.85. The third-order valence-corrected chi connectivity index (χ3v) is 2.59. The summed E-state index contributed by atoms with van der Waals surface area (Å²) in [4.78, 5) is 15.2. The van der Waals surface area contributed by atoms with Crippen molar-refractivity contribution in [2.45, 2.75) is 6.54 Å². The number of halogens is 1. The molecule has 0 bridgehead atoms. The monoisotopic (exact) mass is 266 g/mol. The minimum atomic E-state index is -0.426. The number of methoxy groups -OCH3 is 1. The van der Waals surface area contributed by atoms with Gasteiger partial charge < -0.3 is 14.5 Å². The van der Waals surface area contributed by atoms with Crippen LogP contribution < -0.4 is 5.32 Å². The first kappa shape index (κ1) is 12.4. The molecule has 6 heteroatoms. The minimum Gasteiger partial charge on any atom is -0.467 e. The van der Waals surface area contributed by atoms with Crippen LogP contribution in [-0.2, 0) is 11.3 Å². The van der Waals surface area contributed by atoms with Crippen molar-refractivity contribution in [3.63, 3.8) is 0 Å². The number of carbonyl (C=O) groups excluding carboxylic acids is 1. The Balaban J connectivity index is 2.01. The van der Waals surface area contributed by atoms with Gasteiger partial charge in [0.15, 0.2) is 5.15 Å². The maximum atomic E-state index is 11.2. The molecule has 2 rings (SSSR count). The standard InChI is InChI=1S/C12H11ClN2O3/c1-17-12(16)8-5-9(18-7-8)6-15-10-3-2-4-14-11(10)13/h2-5,7,15H,6H2,1H3. The second kappa shape index (κ2) is 5.55. The molecule has 0 fully saturated rings. The summed E-state index contributed by atoms with van der Waals surface area (Å²) in [5.74, 6) is 0.180. The first-order chi connectivity index (χ1) is 8.70. The van der Waals surface area contributed by atoms with E-state index in [1.165, 1.54) is 13.4 Å². The summed E-state index contributed by atoms with van der Waals surface area (Å²) in [6.07, 6.45) is 2.96. The lowest BCUT2D eigenvalue weighted by molar-refractivity contribution is 0.0600. The zero-order chi connectivity index (χ0) is 13.0. The van der Waals surface area contributed by atoms with E-state index in [1.54, 1.807) is 24.4 Å². The number of hydrogen-bond acceptors (Lipinski definition) is 5. The first-order valence-corrected chi connectivity index (χ1v) is 5.58. The Morgan fingerprint density at radius 2 is 2.44 bits per heavy atom. The smallest absolute Gasteiger partial charge is 0.341 e. The van der Waals surface area contributed by atoms with Crippen LogP contribution in [0.2, 0.25) is 5.15 Å². The topological polar surface area (TPSA) is 64.4 Å². The summed E-state index contributed by atoms with van der Waals surface area (Å²) in [5.41, 5.74) is 1.08. The van der Waals surface area contributed by atoms with Crippen molar-refractivity contribution in [3.05, 3.63) is 47.1 Å². The van der Waals surface area contributed by atoms with E-state index in [1.807, 2.05) is 0 Å². The number of carbonyl (C=O) groups is 1. The van der Waals surface area contributed by atoms with Crippen molar-refractivity contribution in [2.75, 3.05) is 12.4 Å². The number of anilines is 1. The Hall–Kier alpha value is -2.01. The van der Waals surface area contributed by atoms with Crippen molar-refractivity contribution in [2.24, 2.45) is 0 Å². The lowest BCUT2D eigenvalue weighted by Gasteiger charge is -2.04. The molecule has 1 N–H and O–H groups in total. The summed E-state index contributed by atoms with van der Waals surface area (Å²) >= 11 is 5.89. The molecule has 0 radical (unpaired) electrons. The lowest BCUT2D eigenvalue weighted by atomic mass is 10.3. The summed E-state index contributed by atoms with van der Waals surface area (Å²) in [6, 6.07) is 5.19. The van der Waals surface area contributed by atoms with E-state index in [4.69, 9.17) is 16.0 Å². The Bertz CT molecular complexity index is 554. The molecule has 0 amide bonds. The highest BCUT2D eigenvalue weighted by Crippen LogP contribution is 2.19. The third-order valence-electron chi connectivity index (χ3n) is 2.29. The number of aromatic nitrogens is 1. The largest absolute Gasteiger partial charge is 0.467 e. The number of ether oxygens (including phenoxy) is 1. The molecule has 0 aromatic carbocycles. The van der Waals surface area contributed by atoms with Crippen LogP contribution in [0.15, 0.2) is 35.1 Å². The van der Waals surface area contributed by atoms with Crippen LogP contribution in [0.5, 0.6) is 0 Å². The highest BCUT2D eigenvalue weighted by Gasteiger charge is 2.10. The van der Waals surface area contributed by atoms with Crippen molar-refractivity contribution >= 4 is 23.3 Å². The first-order valence-electron chi connectivity index (χ1n) is 5.21. The molecule has 0 saturated heterocycles. The molecule has 2 aromatic heterocycles. The zero-order valence-corrected chi connectivity index (χ0v) is 10.4. The average molecular weight is 267 g/mol. The molecule has 94 valence electrons. The van der Waals surface area contributed by atoms with E-state index in [9.17, 15) is 4.79 Å². The molecule has 0 aliphatic rings. The van der Waals surface area contributed by atoms with Crippen LogP contribution in [0.1, 0.15) is 16.1 Å². The number of hydrogen-bond donors (Lipinski definition) is 1. The van der Waals surface area contributed by atoms with E-state index in [2.05, 4.69) is 15.0 Å². The highest BCUT2D eigenvalue weighted by molar-refractivity contribution is 6.31. The van der Waals surface area contributed by atoms with Gasteiger partial charge in [-0.15, -0.1) is 0 Å². The minimum absolute atomic E-state index is 0.381. The summed E-state index contributed by atoms with van der Waals surface area (Å²) in [7, 11) is 1.32. The molecule has 0 atom stereocenters. The van der Waals surface area contributed by atoms with Crippen LogP contribution in [-0.4, -0.2) is 18.1 Å². The fourth-order valence-electron chi connectivity index (χ4n) is 1.40. The van der Waals surface area contributed by atoms with Gasteiger partial charge in [0.05, 0.1) is 24.9 Å². The average Bonchev–Trinajstić information content (AvgIpc) is 2.86. The van der Waals surface area contributed by atoms with Crippen LogP contribution in [0.4, 0.5) is 5.69 Å². The van der Waals surface area contributed by atoms with Gasteiger partial charge in [-0.3, -0.25) is 0 Å². The van der Waals surface area contributed by atoms with E-state index < -0.39 is 5.97 Å². The molecule has 0 aliphatic carbocycles. The van der Waals surface area contributed by atoms with Gasteiger partial charge >= 0.3 is 5.97 Å². The number of furan rings is 1.